The minimum Gasteiger partial charge on any atom is -0.454 e. The van der Waals surface area contributed by atoms with E-state index < -0.39 is 0 Å². The molecule has 3 aromatic rings. The van der Waals surface area contributed by atoms with Crippen LogP contribution in [-0.4, -0.2) is 50.3 Å². The number of nitrogens with zero attached hydrogens (tertiary/aromatic N) is 2. The van der Waals surface area contributed by atoms with Crippen molar-refractivity contribution in [2.24, 2.45) is 0 Å². The summed E-state index contributed by atoms with van der Waals surface area (Å²) in [6, 6.07) is 26.0. The Kier molecular flexibility index (Phi) is 5.94. The topological polar surface area (TPSA) is 54.0 Å². The Morgan fingerprint density at radius 1 is 0.844 bits per heavy atom. The van der Waals surface area contributed by atoms with Crippen molar-refractivity contribution in [2.45, 2.75) is 6.04 Å². The van der Waals surface area contributed by atoms with E-state index in [1.54, 1.807) is 0 Å². The molecule has 2 heterocycles. The van der Waals surface area contributed by atoms with Crippen LogP contribution >= 0.6 is 0 Å². The van der Waals surface area contributed by atoms with E-state index in [1.165, 1.54) is 5.69 Å². The molecule has 6 nitrogen and oxygen atoms in total. The summed E-state index contributed by atoms with van der Waals surface area (Å²) in [6.07, 6.45) is 0. The molecule has 0 aliphatic carbocycles. The summed E-state index contributed by atoms with van der Waals surface area (Å²) in [6.45, 7) is 4.49. The first-order valence-corrected chi connectivity index (χ1v) is 11.0. The van der Waals surface area contributed by atoms with Gasteiger partial charge in [0.2, 0.25) is 6.79 Å². The van der Waals surface area contributed by atoms with Crippen LogP contribution in [0.5, 0.6) is 11.5 Å². The fourth-order valence-corrected chi connectivity index (χ4v) is 4.39. The number of hydrogen-bond donors (Lipinski definition) is 1. The molecule has 0 aromatic heterocycles. The number of hydrogen-bond acceptors (Lipinski definition) is 5. The summed E-state index contributed by atoms with van der Waals surface area (Å²) in [5.41, 5.74) is 3.05. The van der Waals surface area contributed by atoms with E-state index in [0.29, 0.717) is 12.1 Å². The Morgan fingerprint density at radius 3 is 2.28 bits per heavy atom. The van der Waals surface area contributed by atoms with Crippen LogP contribution in [0.4, 0.5) is 5.69 Å². The van der Waals surface area contributed by atoms with E-state index in [4.69, 9.17) is 9.47 Å². The van der Waals surface area contributed by atoms with Gasteiger partial charge in [-0.3, -0.25) is 9.69 Å². The highest BCUT2D eigenvalue weighted by Gasteiger charge is 2.27. The second kappa shape index (κ2) is 9.32. The standard InChI is InChI=1S/C26H27N3O3/c30-26(20-7-3-1-4-8-20)27-18-23(21-11-12-24-25(17-21)32-19-31-24)29-15-13-28(14-16-29)22-9-5-2-6-10-22/h1-12,17,23H,13-16,18-19H2,(H,27,30)/t23-/m0/s1. The lowest BCUT2D eigenvalue weighted by Crippen LogP contribution is -2.50. The van der Waals surface area contributed by atoms with Gasteiger partial charge in [-0.05, 0) is 42.0 Å². The minimum absolute atomic E-state index is 0.0510. The molecule has 1 amide bonds. The first-order valence-electron chi connectivity index (χ1n) is 11.0. The van der Waals surface area contributed by atoms with Gasteiger partial charge in [0.1, 0.15) is 0 Å². The maximum Gasteiger partial charge on any atom is 0.251 e. The van der Waals surface area contributed by atoms with Crippen LogP contribution < -0.4 is 19.7 Å². The Balaban J connectivity index is 1.32. The van der Waals surface area contributed by atoms with Crippen LogP contribution in [0.2, 0.25) is 0 Å². The average Bonchev–Trinajstić information content (AvgIpc) is 3.34. The highest BCUT2D eigenvalue weighted by Crippen LogP contribution is 2.35. The van der Waals surface area contributed by atoms with E-state index in [9.17, 15) is 4.79 Å². The van der Waals surface area contributed by atoms with Crippen LogP contribution in [-0.2, 0) is 0 Å². The summed E-state index contributed by atoms with van der Waals surface area (Å²) >= 11 is 0. The highest BCUT2D eigenvalue weighted by molar-refractivity contribution is 5.94. The second-order valence-electron chi connectivity index (χ2n) is 8.06. The molecule has 1 atom stereocenters. The third-order valence-corrected chi connectivity index (χ3v) is 6.15. The molecule has 3 aromatic carbocycles. The number of piperazine rings is 1. The van der Waals surface area contributed by atoms with Crippen LogP contribution in [0.15, 0.2) is 78.9 Å². The van der Waals surface area contributed by atoms with Gasteiger partial charge < -0.3 is 19.7 Å². The molecule has 2 aliphatic rings. The quantitative estimate of drug-likeness (QED) is 0.648. The number of carbonyl (C=O) groups excluding carboxylic acids is 1. The number of amides is 1. The molecule has 0 saturated carbocycles. The van der Waals surface area contributed by atoms with E-state index >= 15 is 0 Å². The van der Waals surface area contributed by atoms with E-state index in [2.05, 4.69) is 45.4 Å². The number of carbonyl (C=O) groups is 1. The van der Waals surface area contributed by atoms with Crippen molar-refractivity contribution in [3.05, 3.63) is 90.0 Å². The molecule has 0 radical (unpaired) electrons. The monoisotopic (exact) mass is 429 g/mol. The minimum atomic E-state index is -0.0562. The lowest BCUT2D eigenvalue weighted by molar-refractivity contribution is 0.0930. The zero-order chi connectivity index (χ0) is 21.8. The van der Waals surface area contributed by atoms with Gasteiger partial charge in [-0.1, -0.05) is 42.5 Å². The van der Waals surface area contributed by atoms with Crippen LogP contribution in [0, 0.1) is 0 Å². The molecule has 164 valence electrons. The molecule has 2 aliphatic heterocycles. The molecule has 5 rings (SSSR count). The zero-order valence-corrected chi connectivity index (χ0v) is 17.9. The molecule has 1 N–H and O–H groups in total. The van der Waals surface area contributed by atoms with Crippen LogP contribution in [0.3, 0.4) is 0 Å². The number of fused-ring (bicyclic) bond motifs is 1. The maximum atomic E-state index is 12.7. The van der Waals surface area contributed by atoms with Crippen molar-refractivity contribution in [1.29, 1.82) is 0 Å². The number of anilines is 1. The fourth-order valence-electron chi connectivity index (χ4n) is 4.39. The molecule has 32 heavy (non-hydrogen) atoms. The Labute approximate surface area is 188 Å². The van der Waals surface area contributed by atoms with Gasteiger partial charge in [-0.2, -0.15) is 0 Å². The largest absolute Gasteiger partial charge is 0.454 e. The van der Waals surface area contributed by atoms with Gasteiger partial charge in [-0.25, -0.2) is 0 Å². The summed E-state index contributed by atoms with van der Waals surface area (Å²) in [4.78, 5) is 17.6. The third-order valence-electron chi connectivity index (χ3n) is 6.15. The zero-order valence-electron chi connectivity index (χ0n) is 17.9. The fraction of sp³-hybridized carbons (Fsp3) is 0.269. The molecule has 0 bridgehead atoms. The molecule has 0 spiro atoms. The Morgan fingerprint density at radius 2 is 1.53 bits per heavy atom. The lowest BCUT2D eigenvalue weighted by Gasteiger charge is -2.40. The number of nitrogens with one attached hydrogen (secondary N) is 1. The van der Waals surface area contributed by atoms with Crippen molar-refractivity contribution >= 4 is 11.6 Å². The predicted octanol–water partition coefficient (Wildman–Crippen LogP) is 3.71. The number of benzene rings is 3. The van der Waals surface area contributed by atoms with Crippen molar-refractivity contribution in [3.8, 4) is 11.5 Å². The van der Waals surface area contributed by atoms with E-state index in [0.717, 1.165) is 43.2 Å². The Bertz CT molecular complexity index is 1050. The van der Waals surface area contributed by atoms with Crippen molar-refractivity contribution in [2.75, 3.05) is 44.4 Å². The second-order valence-corrected chi connectivity index (χ2v) is 8.06. The maximum absolute atomic E-state index is 12.7. The number of ether oxygens (including phenoxy) is 2. The summed E-state index contributed by atoms with van der Waals surface area (Å²) in [5, 5.41) is 3.14. The van der Waals surface area contributed by atoms with Gasteiger partial charge >= 0.3 is 0 Å². The molecular weight excluding hydrogens is 402 g/mol. The average molecular weight is 430 g/mol. The molecule has 1 fully saturated rings. The van der Waals surface area contributed by atoms with Gasteiger partial charge in [0.05, 0.1) is 6.04 Å². The van der Waals surface area contributed by atoms with Gasteiger partial charge in [0, 0.05) is 44.0 Å². The predicted molar refractivity (Wildman–Crippen MR) is 124 cm³/mol. The first kappa shape index (κ1) is 20.4. The highest BCUT2D eigenvalue weighted by atomic mass is 16.7. The third kappa shape index (κ3) is 4.41. The van der Waals surface area contributed by atoms with Crippen molar-refractivity contribution in [1.82, 2.24) is 10.2 Å². The summed E-state index contributed by atoms with van der Waals surface area (Å²) in [7, 11) is 0. The van der Waals surface area contributed by atoms with Crippen LogP contribution in [0.25, 0.3) is 0 Å². The first-order chi connectivity index (χ1) is 15.8. The number of rotatable bonds is 6. The molecule has 6 heteroatoms. The van der Waals surface area contributed by atoms with Gasteiger partial charge in [0.15, 0.2) is 11.5 Å². The molecular formula is C26H27N3O3. The molecule has 0 unspecified atom stereocenters. The van der Waals surface area contributed by atoms with E-state index in [1.807, 2.05) is 48.5 Å². The van der Waals surface area contributed by atoms with Gasteiger partial charge in [-0.15, -0.1) is 0 Å². The van der Waals surface area contributed by atoms with E-state index in [-0.39, 0.29) is 18.7 Å². The van der Waals surface area contributed by atoms with Gasteiger partial charge in [0.25, 0.3) is 5.91 Å². The SMILES string of the molecule is O=C(NC[C@@H](c1ccc2c(c1)OCO2)N1CCN(c2ccccc2)CC1)c1ccccc1. The number of para-hydroxylation sites is 1. The smallest absolute Gasteiger partial charge is 0.251 e. The van der Waals surface area contributed by atoms with Crippen molar-refractivity contribution in [3.63, 3.8) is 0 Å². The summed E-state index contributed by atoms with van der Waals surface area (Å²) < 4.78 is 11.1. The Hall–Kier alpha value is -3.51. The van der Waals surface area contributed by atoms with Crippen LogP contribution in [0.1, 0.15) is 22.0 Å². The normalized spacial score (nSPS) is 16.6. The van der Waals surface area contributed by atoms with Crippen molar-refractivity contribution < 1.29 is 14.3 Å². The summed E-state index contributed by atoms with van der Waals surface area (Å²) in [5.74, 6) is 1.48. The molecule has 1 saturated heterocycles. The lowest BCUT2D eigenvalue weighted by atomic mass is 10.0.